The van der Waals surface area contributed by atoms with Crippen LogP contribution in [0.15, 0.2) is 52.4 Å². The molecule has 3 aromatic rings. The van der Waals surface area contributed by atoms with Gasteiger partial charge in [0.2, 0.25) is 0 Å². The highest BCUT2D eigenvalue weighted by Gasteiger charge is 2.13. The number of halogens is 1. The van der Waals surface area contributed by atoms with E-state index in [0.29, 0.717) is 16.5 Å². The van der Waals surface area contributed by atoms with E-state index in [4.69, 9.17) is 4.74 Å². The Kier molecular flexibility index (Phi) is 4.51. The lowest BCUT2D eigenvalue weighted by molar-refractivity contribution is 0.0951. The number of nitrogens with one attached hydrogen (secondary N) is 2. The van der Waals surface area contributed by atoms with Crippen LogP contribution < -0.4 is 15.7 Å². The predicted octanol–water partition coefficient (Wildman–Crippen LogP) is 1.83. The second-order valence-corrected chi connectivity index (χ2v) is 5.03. The Labute approximate surface area is 141 Å². The van der Waals surface area contributed by atoms with Crippen molar-refractivity contribution in [3.05, 3.63) is 69.9 Å². The first-order valence-electron chi connectivity index (χ1n) is 7.24. The van der Waals surface area contributed by atoms with E-state index in [-0.39, 0.29) is 11.3 Å². The van der Waals surface area contributed by atoms with Crippen LogP contribution in [-0.2, 0) is 0 Å². The third kappa shape index (κ3) is 3.37. The minimum absolute atomic E-state index is 0.0125. The number of carbonyl (C=O) groups is 1. The minimum Gasteiger partial charge on any atom is -0.497 e. The number of aromatic amines is 1. The van der Waals surface area contributed by atoms with E-state index in [9.17, 15) is 14.0 Å². The molecule has 8 heteroatoms. The van der Waals surface area contributed by atoms with E-state index < -0.39 is 17.3 Å². The summed E-state index contributed by atoms with van der Waals surface area (Å²) in [5, 5.41) is 10.5. The molecule has 1 amide bonds. The molecule has 0 aliphatic rings. The fourth-order valence-electron chi connectivity index (χ4n) is 2.25. The van der Waals surface area contributed by atoms with Crippen molar-refractivity contribution in [2.75, 3.05) is 7.11 Å². The molecule has 0 fully saturated rings. The van der Waals surface area contributed by atoms with Crippen LogP contribution in [0, 0.1) is 5.82 Å². The van der Waals surface area contributed by atoms with Crippen molar-refractivity contribution in [1.82, 2.24) is 15.6 Å². The Balaban J connectivity index is 1.84. The fourth-order valence-corrected chi connectivity index (χ4v) is 2.25. The summed E-state index contributed by atoms with van der Waals surface area (Å²) < 4.78 is 18.7. The maximum atomic E-state index is 13.7. The second-order valence-electron chi connectivity index (χ2n) is 5.03. The summed E-state index contributed by atoms with van der Waals surface area (Å²) in [6, 6.07) is 10.7. The van der Waals surface area contributed by atoms with Gasteiger partial charge in [-0.2, -0.15) is 10.2 Å². The SMILES string of the molecule is COc1ccc(F)c(/C=N/NC(=O)c2n[nH]c(=O)c3ccccc23)c1. The molecule has 2 aromatic carbocycles. The maximum Gasteiger partial charge on any atom is 0.292 e. The number of hydrazone groups is 1. The molecule has 0 unspecified atom stereocenters. The third-order valence-electron chi connectivity index (χ3n) is 3.48. The van der Waals surface area contributed by atoms with E-state index in [2.05, 4.69) is 20.7 Å². The number of benzene rings is 2. The number of methoxy groups -OCH3 is 1. The topological polar surface area (TPSA) is 96.4 Å². The van der Waals surface area contributed by atoms with E-state index >= 15 is 0 Å². The molecule has 0 atom stereocenters. The molecule has 126 valence electrons. The lowest BCUT2D eigenvalue weighted by atomic mass is 10.1. The number of aromatic nitrogens is 2. The molecular formula is C17H13FN4O3. The zero-order valence-corrected chi connectivity index (χ0v) is 13.1. The lowest BCUT2D eigenvalue weighted by Crippen LogP contribution is -2.22. The Morgan fingerprint density at radius 2 is 2.04 bits per heavy atom. The number of carbonyl (C=O) groups excluding carboxylic acids is 1. The summed E-state index contributed by atoms with van der Waals surface area (Å²) in [5.41, 5.74) is 2.03. The average molecular weight is 340 g/mol. The Hall–Kier alpha value is -3.55. The molecule has 25 heavy (non-hydrogen) atoms. The van der Waals surface area contributed by atoms with E-state index in [1.165, 1.54) is 25.3 Å². The molecule has 0 aliphatic heterocycles. The molecule has 1 heterocycles. The number of amides is 1. The lowest BCUT2D eigenvalue weighted by Gasteiger charge is -2.04. The molecule has 3 rings (SSSR count). The van der Waals surface area contributed by atoms with Crippen molar-refractivity contribution in [3.8, 4) is 5.75 Å². The number of hydrogen-bond donors (Lipinski definition) is 2. The highest BCUT2D eigenvalue weighted by atomic mass is 19.1. The van der Waals surface area contributed by atoms with Gasteiger partial charge in [-0.05, 0) is 24.3 Å². The summed E-state index contributed by atoms with van der Waals surface area (Å²) in [4.78, 5) is 24.0. The maximum absolute atomic E-state index is 13.7. The number of fused-ring (bicyclic) bond motifs is 1. The first-order chi connectivity index (χ1) is 12.1. The summed E-state index contributed by atoms with van der Waals surface area (Å²) in [6.45, 7) is 0. The Morgan fingerprint density at radius 1 is 1.28 bits per heavy atom. The zero-order valence-electron chi connectivity index (χ0n) is 13.1. The highest BCUT2D eigenvalue weighted by Crippen LogP contribution is 2.15. The molecule has 0 saturated heterocycles. The van der Waals surface area contributed by atoms with Crippen molar-refractivity contribution in [2.45, 2.75) is 0 Å². The van der Waals surface area contributed by atoms with Gasteiger partial charge in [0.1, 0.15) is 11.6 Å². The van der Waals surface area contributed by atoms with Gasteiger partial charge < -0.3 is 4.74 Å². The largest absolute Gasteiger partial charge is 0.497 e. The summed E-state index contributed by atoms with van der Waals surface area (Å²) >= 11 is 0. The number of nitrogens with zero attached hydrogens (tertiary/aromatic N) is 2. The van der Waals surface area contributed by atoms with Crippen LogP contribution in [0.4, 0.5) is 4.39 Å². The number of H-pyrrole nitrogens is 1. The number of hydrogen-bond acceptors (Lipinski definition) is 5. The van der Waals surface area contributed by atoms with Crippen molar-refractivity contribution in [2.24, 2.45) is 5.10 Å². The van der Waals surface area contributed by atoms with Gasteiger partial charge in [0, 0.05) is 10.9 Å². The normalized spacial score (nSPS) is 11.0. The molecule has 0 spiro atoms. The van der Waals surface area contributed by atoms with Gasteiger partial charge in [0.05, 0.1) is 18.7 Å². The molecule has 0 bridgehead atoms. The molecule has 2 N–H and O–H groups in total. The van der Waals surface area contributed by atoms with Crippen LogP contribution in [0.25, 0.3) is 10.8 Å². The van der Waals surface area contributed by atoms with Crippen molar-refractivity contribution >= 4 is 22.9 Å². The molecule has 1 aromatic heterocycles. The molecule has 7 nitrogen and oxygen atoms in total. The first kappa shape index (κ1) is 16.3. The average Bonchev–Trinajstić information content (AvgIpc) is 2.63. The van der Waals surface area contributed by atoms with Crippen LogP contribution in [0.3, 0.4) is 0 Å². The van der Waals surface area contributed by atoms with Crippen molar-refractivity contribution < 1.29 is 13.9 Å². The summed E-state index contributed by atoms with van der Waals surface area (Å²) in [5.74, 6) is -0.680. The van der Waals surface area contributed by atoms with Gasteiger partial charge >= 0.3 is 0 Å². The quantitative estimate of drug-likeness (QED) is 0.559. The van der Waals surface area contributed by atoms with Gasteiger partial charge in [-0.25, -0.2) is 14.9 Å². The van der Waals surface area contributed by atoms with Crippen molar-refractivity contribution in [1.29, 1.82) is 0 Å². The standard InChI is InChI=1S/C17H13FN4O3/c1-25-11-6-7-14(18)10(8-11)9-19-21-17(24)15-12-4-2-3-5-13(12)16(23)22-20-15/h2-9H,1H3,(H,21,24)(H,22,23)/b19-9+. The van der Waals surface area contributed by atoms with E-state index in [0.717, 1.165) is 6.21 Å². The monoisotopic (exact) mass is 340 g/mol. The van der Waals surface area contributed by atoms with Gasteiger partial charge in [-0.15, -0.1) is 0 Å². The second kappa shape index (κ2) is 6.91. The number of ether oxygens (including phenoxy) is 1. The Morgan fingerprint density at radius 3 is 2.80 bits per heavy atom. The smallest absolute Gasteiger partial charge is 0.292 e. The van der Waals surface area contributed by atoms with Gasteiger partial charge in [0.25, 0.3) is 11.5 Å². The minimum atomic E-state index is -0.632. The van der Waals surface area contributed by atoms with Crippen LogP contribution in [-0.4, -0.2) is 29.4 Å². The van der Waals surface area contributed by atoms with Crippen molar-refractivity contribution in [3.63, 3.8) is 0 Å². The number of rotatable bonds is 4. The highest BCUT2D eigenvalue weighted by molar-refractivity contribution is 6.04. The van der Waals surface area contributed by atoms with E-state index in [1.807, 2.05) is 0 Å². The molecular weight excluding hydrogens is 327 g/mol. The first-order valence-corrected chi connectivity index (χ1v) is 7.24. The van der Waals surface area contributed by atoms with Gasteiger partial charge in [-0.1, -0.05) is 18.2 Å². The van der Waals surface area contributed by atoms with Gasteiger partial charge in [-0.3, -0.25) is 9.59 Å². The van der Waals surface area contributed by atoms with Crippen LogP contribution in [0.2, 0.25) is 0 Å². The van der Waals surface area contributed by atoms with Crippen LogP contribution in [0.5, 0.6) is 5.75 Å². The zero-order chi connectivity index (χ0) is 17.8. The summed E-state index contributed by atoms with van der Waals surface area (Å²) in [7, 11) is 1.46. The molecule has 0 radical (unpaired) electrons. The third-order valence-corrected chi connectivity index (χ3v) is 3.48. The Bertz CT molecular complexity index is 1030. The molecule has 0 aliphatic carbocycles. The van der Waals surface area contributed by atoms with Crippen LogP contribution >= 0.6 is 0 Å². The predicted molar refractivity (Wildman–Crippen MR) is 90.4 cm³/mol. The van der Waals surface area contributed by atoms with Crippen LogP contribution in [0.1, 0.15) is 16.1 Å². The fraction of sp³-hybridized carbons (Fsp3) is 0.0588. The summed E-state index contributed by atoms with van der Waals surface area (Å²) in [6.07, 6.45) is 1.16. The molecule has 0 saturated carbocycles. The van der Waals surface area contributed by atoms with Gasteiger partial charge in [0.15, 0.2) is 5.69 Å². The van der Waals surface area contributed by atoms with E-state index in [1.54, 1.807) is 24.3 Å².